The van der Waals surface area contributed by atoms with Crippen molar-refractivity contribution in [2.75, 3.05) is 12.8 Å². The van der Waals surface area contributed by atoms with Crippen molar-refractivity contribution < 1.29 is 9.13 Å². The highest BCUT2D eigenvalue weighted by atomic mass is 19.1. The maximum atomic E-state index is 14.3. The topological polar surface area (TPSA) is 78.9 Å². The predicted octanol–water partition coefficient (Wildman–Crippen LogP) is 2.24. The van der Waals surface area contributed by atoms with Gasteiger partial charge in [0.1, 0.15) is 28.3 Å². The SMILES string of the molecule is CCn1ncc2nc(N)nc(-c3c(F)cccc3OC)c21. The van der Waals surface area contributed by atoms with E-state index in [2.05, 4.69) is 15.1 Å². The van der Waals surface area contributed by atoms with E-state index in [1.165, 1.54) is 13.2 Å². The number of nitrogens with zero attached hydrogens (tertiary/aromatic N) is 4. The largest absolute Gasteiger partial charge is 0.496 e. The highest BCUT2D eigenvalue weighted by Crippen LogP contribution is 2.35. The molecule has 0 saturated carbocycles. The van der Waals surface area contributed by atoms with Gasteiger partial charge in [-0.3, -0.25) is 4.68 Å². The van der Waals surface area contributed by atoms with Gasteiger partial charge in [0, 0.05) is 6.54 Å². The van der Waals surface area contributed by atoms with E-state index in [9.17, 15) is 4.39 Å². The first-order chi connectivity index (χ1) is 10.2. The molecular weight excluding hydrogens is 273 g/mol. The number of anilines is 1. The highest BCUT2D eigenvalue weighted by Gasteiger charge is 2.20. The Hall–Kier alpha value is -2.70. The zero-order valence-corrected chi connectivity index (χ0v) is 11.7. The fraction of sp³-hybridized carbons (Fsp3) is 0.214. The lowest BCUT2D eigenvalue weighted by Crippen LogP contribution is -2.04. The van der Waals surface area contributed by atoms with Crippen LogP contribution in [-0.4, -0.2) is 26.9 Å². The van der Waals surface area contributed by atoms with E-state index in [1.807, 2.05) is 6.92 Å². The molecule has 0 fully saturated rings. The molecule has 0 saturated heterocycles. The van der Waals surface area contributed by atoms with Gasteiger partial charge in [0.15, 0.2) is 0 Å². The number of nitrogen functional groups attached to an aromatic ring is 1. The van der Waals surface area contributed by atoms with Crippen LogP contribution >= 0.6 is 0 Å². The summed E-state index contributed by atoms with van der Waals surface area (Å²) in [6.07, 6.45) is 1.59. The minimum Gasteiger partial charge on any atom is -0.496 e. The number of hydrogen-bond acceptors (Lipinski definition) is 5. The minimum atomic E-state index is -0.433. The molecule has 0 atom stereocenters. The summed E-state index contributed by atoms with van der Waals surface area (Å²) in [6.45, 7) is 2.55. The van der Waals surface area contributed by atoms with Crippen LogP contribution in [0.15, 0.2) is 24.4 Å². The summed E-state index contributed by atoms with van der Waals surface area (Å²) in [4.78, 5) is 8.34. The van der Waals surface area contributed by atoms with E-state index >= 15 is 0 Å². The average molecular weight is 287 g/mol. The maximum Gasteiger partial charge on any atom is 0.221 e. The molecule has 2 aromatic heterocycles. The van der Waals surface area contributed by atoms with Crippen molar-refractivity contribution >= 4 is 17.0 Å². The van der Waals surface area contributed by atoms with Gasteiger partial charge in [0.05, 0.1) is 18.9 Å². The normalized spacial score (nSPS) is 11.0. The molecule has 7 heteroatoms. The van der Waals surface area contributed by atoms with E-state index < -0.39 is 5.82 Å². The Morgan fingerprint density at radius 3 is 2.86 bits per heavy atom. The Bertz CT molecular complexity index is 814. The van der Waals surface area contributed by atoms with Crippen molar-refractivity contribution in [3.8, 4) is 17.0 Å². The van der Waals surface area contributed by atoms with Crippen LogP contribution in [0.3, 0.4) is 0 Å². The molecule has 0 aliphatic rings. The van der Waals surface area contributed by atoms with Crippen LogP contribution in [0.1, 0.15) is 6.92 Å². The summed E-state index contributed by atoms with van der Waals surface area (Å²) in [7, 11) is 1.48. The monoisotopic (exact) mass is 287 g/mol. The molecule has 0 aliphatic heterocycles. The van der Waals surface area contributed by atoms with Crippen LogP contribution in [-0.2, 0) is 6.54 Å². The number of aromatic nitrogens is 4. The van der Waals surface area contributed by atoms with Crippen molar-refractivity contribution in [1.29, 1.82) is 0 Å². The van der Waals surface area contributed by atoms with Crippen LogP contribution in [0.2, 0.25) is 0 Å². The van der Waals surface area contributed by atoms with Crippen molar-refractivity contribution in [2.45, 2.75) is 13.5 Å². The van der Waals surface area contributed by atoms with Gasteiger partial charge in [0.2, 0.25) is 5.95 Å². The van der Waals surface area contributed by atoms with Gasteiger partial charge in [-0.15, -0.1) is 0 Å². The molecule has 3 rings (SSSR count). The number of aryl methyl sites for hydroxylation is 1. The minimum absolute atomic E-state index is 0.0680. The molecule has 2 N–H and O–H groups in total. The van der Waals surface area contributed by atoms with E-state index in [1.54, 1.807) is 23.0 Å². The summed E-state index contributed by atoms with van der Waals surface area (Å²) in [5, 5.41) is 4.22. The standard InChI is InChI=1S/C14H14FN5O/c1-3-20-13-9(7-17-20)18-14(16)19-12(13)11-8(15)5-4-6-10(11)21-2/h4-7H,3H2,1-2H3,(H2,16,18,19). The Kier molecular flexibility index (Phi) is 3.17. The number of halogens is 1. The third-order valence-electron chi connectivity index (χ3n) is 3.24. The molecule has 1 aromatic carbocycles. The molecule has 0 radical (unpaired) electrons. The fourth-order valence-electron chi connectivity index (χ4n) is 2.34. The lowest BCUT2D eigenvalue weighted by Gasteiger charge is -2.11. The van der Waals surface area contributed by atoms with Crippen molar-refractivity contribution in [1.82, 2.24) is 19.7 Å². The zero-order chi connectivity index (χ0) is 15.0. The number of benzene rings is 1. The summed E-state index contributed by atoms with van der Waals surface area (Å²) >= 11 is 0. The second-order valence-corrected chi connectivity index (χ2v) is 4.44. The second kappa shape index (κ2) is 5.01. The summed E-state index contributed by atoms with van der Waals surface area (Å²) in [5.41, 5.74) is 7.58. The lowest BCUT2D eigenvalue weighted by molar-refractivity contribution is 0.413. The molecule has 2 heterocycles. The Balaban J connectivity index is 2.42. The van der Waals surface area contributed by atoms with Crippen molar-refractivity contribution in [2.24, 2.45) is 0 Å². The number of hydrogen-bond donors (Lipinski definition) is 1. The van der Waals surface area contributed by atoms with Gasteiger partial charge in [0.25, 0.3) is 0 Å². The van der Waals surface area contributed by atoms with Crippen LogP contribution in [0.5, 0.6) is 5.75 Å². The fourth-order valence-corrected chi connectivity index (χ4v) is 2.34. The molecule has 108 valence electrons. The first kappa shape index (κ1) is 13.3. The molecule has 0 bridgehead atoms. The van der Waals surface area contributed by atoms with Gasteiger partial charge in [-0.25, -0.2) is 14.4 Å². The smallest absolute Gasteiger partial charge is 0.221 e. The summed E-state index contributed by atoms with van der Waals surface area (Å²) in [6, 6.07) is 4.61. The number of rotatable bonds is 3. The first-order valence-electron chi connectivity index (χ1n) is 6.47. The quantitative estimate of drug-likeness (QED) is 0.799. The lowest BCUT2D eigenvalue weighted by atomic mass is 10.1. The zero-order valence-electron chi connectivity index (χ0n) is 11.7. The molecule has 0 amide bonds. The first-order valence-corrected chi connectivity index (χ1v) is 6.47. The molecule has 0 spiro atoms. The van der Waals surface area contributed by atoms with E-state index in [-0.39, 0.29) is 11.5 Å². The second-order valence-electron chi connectivity index (χ2n) is 4.44. The summed E-state index contributed by atoms with van der Waals surface area (Å²) in [5.74, 6) is 0.0225. The van der Waals surface area contributed by atoms with Crippen LogP contribution < -0.4 is 10.5 Å². The average Bonchev–Trinajstić information content (AvgIpc) is 2.89. The van der Waals surface area contributed by atoms with E-state index in [0.717, 1.165) is 0 Å². The third kappa shape index (κ3) is 2.06. The Morgan fingerprint density at radius 2 is 2.14 bits per heavy atom. The third-order valence-corrected chi connectivity index (χ3v) is 3.24. The molecule has 6 nitrogen and oxygen atoms in total. The molecular formula is C14H14FN5O. The van der Waals surface area contributed by atoms with Crippen molar-refractivity contribution in [3.05, 3.63) is 30.2 Å². The molecule has 3 aromatic rings. The van der Waals surface area contributed by atoms with Gasteiger partial charge in [-0.2, -0.15) is 5.10 Å². The van der Waals surface area contributed by atoms with Gasteiger partial charge < -0.3 is 10.5 Å². The molecule has 0 unspecified atom stereocenters. The van der Waals surface area contributed by atoms with Crippen molar-refractivity contribution in [3.63, 3.8) is 0 Å². The van der Waals surface area contributed by atoms with Crippen LogP contribution in [0, 0.1) is 5.82 Å². The molecule has 21 heavy (non-hydrogen) atoms. The van der Waals surface area contributed by atoms with Gasteiger partial charge >= 0.3 is 0 Å². The van der Waals surface area contributed by atoms with E-state index in [4.69, 9.17) is 10.5 Å². The van der Waals surface area contributed by atoms with Gasteiger partial charge in [-0.05, 0) is 19.1 Å². The Morgan fingerprint density at radius 1 is 1.33 bits per heavy atom. The summed E-state index contributed by atoms with van der Waals surface area (Å²) < 4.78 is 21.3. The number of nitrogens with two attached hydrogens (primary N) is 1. The number of fused-ring (bicyclic) bond motifs is 1. The molecule has 0 aliphatic carbocycles. The Labute approximate surface area is 120 Å². The van der Waals surface area contributed by atoms with Gasteiger partial charge in [-0.1, -0.05) is 6.07 Å². The number of ether oxygens (including phenoxy) is 1. The highest BCUT2D eigenvalue weighted by molar-refractivity contribution is 5.92. The maximum absolute atomic E-state index is 14.3. The number of methoxy groups -OCH3 is 1. The van der Waals surface area contributed by atoms with Crippen LogP contribution in [0.4, 0.5) is 10.3 Å². The van der Waals surface area contributed by atoms with E-state index in [0.29, 0.717) is 29.0 Å². The van der Waals surface area contributed by atoms with Crippen LogP contribution in [0.25, 0.3) is 22.3 Å². The predicted molar refractivity (Wildman–Crippen MR) is 77.4 cm³/mol.